The summed E-state index contributed by atoms with van der Waals surface area (Å²) in [6.45, 7) is 6.27. The van der Waals surface area contributed by atoms with E-state index < -0.39 is 0 Å². The van der Waals surface area contributed by atoms with Gasteiger partial charge in [-0.15, -0.1) is 0 Å². The normalized spacial score (nSPS) is 15.8. The van der Waals surface area contributed by atoms with Crippen LogP contribution in [0.1, 0.15) is 45.1 Å². The van der Waals surface area contributed by atoms with Crippen LogP contribution < -0.4 is 0 Å². The molecule has 86 valence electrons. The minimum atomic E-state index is 0.535. The number of allylic oxidation sites excluding steroid dienone is 4. The molecule has 1 aliphatic rings. The van der Waals surface area contributed by atoms with Crippen molar-refractivity contribution in [3.63, 3.8) is 0 Å². The first-order chi connectivity index (χ1) is 7.88. The summed E-state index contributed by atoms with van der Waals surface area (Å²) in [6, 6.07) is 10.7. The second-order valence-corrected chi connectivity index (χ2v) is 3.82. The van der Waals surface area contributed by atoms with E-state index in [1.807, 2.05) is 13.8 Å². The van der Waals surface area contributed by atoms with Crippen LogP contribution in [-0.2, 0) is 0 Å². The molecule has 0 bridgehead atoms. The summed E-state index contributed by atoms with van der Waals surface area (Å²) < 4.78 is 0. The lowest BCUT2D eigenvalue weighted by Gasteiger charge is -2.15. The Balaban J connectivity index is 0.000000606. The molecule has 0 amide bonds. The summed E-state index contributed by atoms with van der Waals surface area (Å²) in [7, 11) is 0. The number of hydrogen-bond acceptors (Lipinski definition) is 0. The fourth-order valence-electron chi connectivity index (χ4n) is 1.89. The van der Waals surface area contributed by atoms with E-state index in [4.69, 9.17) is 0 Å². The van der Waals surface area contributed by atoms with Crippen LogP contribution in [0.2, 0.25) is 0 Å². The lowest BCUT2D eigenvalue weighted by atomic mass is 9.90. The third-order valence-corrected chi connectivity index (χ3v) is 2.82. The highest BCUT2D eigenvalue weighted by atomic mass is 14.1. The lowest BCUT2D eigenvalue weighted by Crippen LogP contribution is -1.97. The largest absolute Gasteiger partial charge is 0.0839 e. The van der Waals surface area contributed by atoms with E-state index in [0.29, 0.717) is 5.92 Å². The van der Waals surface area contributed by atoms with Gasteiger partial charge in [0.1, 0.15) is 0 Å². The molecule has 0 saturated carbocycles. The molecule has 0 N–H and O–H groups in total. The maximum atomic E-state index is 2.36. The molecule has 1 aromatic rings. The third kappa shape index (κ3) is 3.37. The Morgan fingerprint density at radius 1 is 1.00 bits per heavy atom. The summed E-state index contributed by atoms with van der Waals surface area (Å²) in [4.78, 5) is 0. The van der Waals surface area contributed by atoms with Crippen LogP contribution in [0.4, 0.5) is 0 Å². The van der Waals surface area contributed by atoms with Crippen molar-refractivity contribution in [2.45, 2.75) is 39.5 Å². The Bertz CT molecular complexity index is 344. The molecule has 0 radical (unpaired) electrons. The zero-order valence-electron chi connectivity index (χ0n) is 10.6. The van der Waals surface area contributed by atoms with Crippen LogP contribution in [-0.4, -0.2) is 0 Å². The molecule has 16 heavy (non-hydrogen) atoms. The SMILES string of the molecule is CC.CC(C1=CCCC=C1)c1ccccc1. The van der Waals surface area contributed by atoms with Crippen molar-refractivity contribution in [2.75, 3.05) is 0 Å². The van der Waals surface area contributed by atoms with Gasteiger partial charge in [-0.25, -0.2) is 0 Å². The van der Waals surface area contributed by atoms with Gasteiger partial charge in [0.15, 0.2) is 0 Å². The molecule has 1 aliphatic carbocycles. The molecular formula is C16H22. The van der Waals surface area contributed by atoms with Crippen LogP contribution in [0.25, 0.3) is 0 Å². The molecule has 0 saturated heterocycles. The first-order valence-electron chi connectivity index (χ1n) is 6.29. The molecule has 1 aromatic carbocycles. The highest BCUT2D eigenvalue weighted by Crippen LogP contribution is 2.27. The Morgan fingerprint density at radius 2 is 1.69 bits per heavy atom. The molecular weight excluding hydrogens is 192 g/mol. The van der Waals surface area contributed by atoms with Gasteiger partial charge in [0, 0.05) is 5.92 Å². The van der Waals surface area contributed by atoms with Crippen molar-refractivity contribution in [1.82, 2.24) is 0 Å². The first-order valence-corrected chi connectivity index (χ1v) is 6.29. The summed E-state index contributed by atoms with van der Waals surface area (Å²) in [5, 5.41) is 0. The van der Waals surface area contributed by atoms with Crippen LogP contribution in [0.3, 0.4) is 0 Å². The molecule has 0 nitrogen and oxygen atoms in total. The van der Waals surface area contributed by atoms with Crippen LogP contribution in [0.5, 0.6) is 0 Å². The van der Waals surface area contributed by atoms with Gasteiger partial charge >= 0.3 is 0 Å². The number of benzene rings is 1. The van der Waals surface area contributed by atoms with Gasteiger partial charge in [-0.3, -0.25) is 0 Å². The van der Waals surface area contributed by atoms with E-state index in [1.165, 1.54) is 24.0 Å². The zero-order valence-corrected chi connectivity index (χ0v) is 10.6. The Morgan fingerprint density at radius 3 is 2.25 bits per heavy atom. The van der Waals surface area contributed by atoms with Crippen LogP contribution in [0.15, 0.2) is 54.1 Å². The molecule has 0 heterocycles. The predicted molar refractivity (Wildman–Crippen MR) is 72.7 cm³/mol. The molecule has 0 aromatic heterocycles. The van der Waals surface area contributed by atoms with E-state index in [1.54, 1.807) is 0 Å². The Hall–Kier alpha value is -1.30. The average molecular weight is 214 g/mol. The molecule has 1 atom stereocenters. The van der Waals surface area contributed by atoms with Crippen molar-refractivity contribution in [3.05, 3.63) is 59.7 Å². The Kier molecular flexibility index (Phi) is 5.63. The summed E-state index contributed by atoms with van der Waals surface area (Å²) in [5.74, 6) is 0.535. The van der Waals surface area contributed by atoms with Gasteiger partial charge in [-0.2, -0.15) is 0 Å². The van der Waals surface area contributed by atoms with Crippen LogP contribution in [0, 0.1) is 0 Å². The summed E-state index contributed by atoms with van der Waals surface area (Å²) in [5.41, 5.74) is 2.87. The molecule has 0 heteroatoms. The molecule has 2 rings (SSSR count). The van der Waals surface area contributed by atoms with Crippen LogP contribution >= 0.6 is 0 Å². The molecule has 0 aliphatic heterocycles. The quantitative estimate of drug-likeness (QED) is 0.643. The maximum Gasteiger partial charge on any atom is 0.00577 e. The minimum Gasteiger partial charge on any atom is -0.0839 e. The van der Waals surface area contributed by atoms with Crippen molar-refractivity contribution in [2.24, 2.45) is 0 Å². The fourth-order valence-corrected chi connectivity index (χ4v) is 1.89. The van der Waals surface area contributed by atoms with E-state index in [-0.39, 0.29) is 0 Å². The maximum absolute atomic E-state index is 2.36. The first kappa shape index (κ1) is 12.8. The third-order valence-electron chi connectivity index (χ3n) is 2.82. The van der Waals surface area contributed by atoms with Gasteiger partial charge in [0.25, 0.3) is 0 Å². The average Bonchev–Trinajstić information content (AvgIpc) is 2.42. The summed E-state index contributed by atoms with van der Waals surface area (Å²) >= 11 is 0. The number of rotatable bonds is 2. The second kappa shape index (κ2) is 7.05. The minimum absolute atomic E-state index is 0.535. The van der Waals surface area contributed by atoms with Crippen molar-refractivity contribution in [1.29, 1.82) is 0 Å². The van der Waals surface area contributed by atoms with Gasteiger partial charge < -0.3 is 0 Å². The molecule has 0 spiro atoms. The van der Waals surface area contributed by atoms with E-state index in [9.17, 15) is 0 Å². The van der Waals surface area contributed by atoms with E-state index in [2.05, 4.69) is 55.5 Å². The monoisotopic (exact) mass is 214 g/mol. The van der Waals surface area contributed by atoms with Gasteiger partial charge in [0.05, 0.1) is 0 Å². The lowest BCUT2D eigenvalue weighted by molar-refractivity contribution is 0.882. The smallest absolute Gasteiger partial charge is 0.00577 e. The summed E-state index contributed by atoms with van der Waals surface area (Å²) in [6.07, 6.45) is 9.29. The van der Waals surface area contributed by atoms with Gasteiger partial charge in [-0.1, -0.05) is 69.3 Å². The topological polar surface area (TPSA) is 0 Å². The van der Waals surface area contributed by atoms with Gasteiger partial charge in [-0.05, 0) is 24.0 Å². The van der Waals surface area contributed by atoms with E-state index >= 15 is 0 Å². The number of hydrogen-bond donors (Lipinski definition) is 0. The Labute approximate surface area is 99.7 Å². The van der Waals surface area contributed by atoms with Crippen molar-refractivity contribution >= 4 is 0 Å². The van der Waals surface area contributed by atoms with Crippen molar-refractivity contribution in [3.8, 4) is 0 Å². The molecule has 1 unspecified atom stereocenters. The highest BCUT2D eigenvalue weighted by molar-refractivity contribution is 5.35. The standard InChI is InChI=1S/C14H16.C2H6/c1-12(13-8-4-2-5-9-13)14-10-6-3-7-11-14;1-2/h2,4-6,8-12H,3,7H2,1H3;1-2H3. The van der Waals surface area contributed by atoms with Gasteiger partial charge in [0.2, 0.25) is 0 Å². The predicted octanol–water partition coefficient (Wildman–Crippen LogP) is 5.09. The highest BCUT2D eigenvalue weighted by Gasteiger charge is 2.09. The zero-order chi connectivity index (χ0) is 11.8. The molecule has 0 fully saturated rings. The second-order valence-electron chi connectivity index (χ2n) is 3.82. The fraction of sp³-hybridized carbons (Fsp3) is 0.375. The van der Waals surface area contributed by atoms with Crippen molar-refractivity contribution < 1.29 is 0 Å². The van der Waals surface area contributed by atoms with E-state index in [0.717, 1.165) is 0 Å².